The zero-order chi connectivity index (χ0) is 13.6. The number of hydrogen-bond acceptors (Lipinski definition) is 4. The molecule has 3 rings (SSSR count). The maximum atomic E-state index is 12.1. The fourth-order valence-electron chi connectivity index (χ4n) is 2.05. The first-order chi connectivity index (χ1) is 9.09. The fourth-order valence-corrected chi connectivity index (χ4v) is 2.64. The van der Waals surface area contributed by atoms with Crippen LogP contribution >= 0.6 is 15.9 Å². The zero-order valence-corrected chi connectivity index (χ0v) is 11.6. The van der Waals surface area contributed by atoms with E-state index in [1.807, 2.05) is 0 Å². The number of ketones is 1. The van der Waals surface area contributed by atoms with Gasteiger partial charge in [-0.25, -0.2) is 0 Å². The fraction of sp³-hybridized carbons (Fsp3) is 0.167. The summed E-state index contributed by atoms with van der Waals surface area (Å²) in [6.45, 7) is 0.219. The summed E-state index contributed by atoms with van der Waals surface area (Å²) in [5.41, 5.74) is 1.02. The van der Waals surface area contributed by atoms with E-state index in [1.54, 1.807) is 36.1 Å². The largest absolute Gasteiger partial charge is 0.319 e. The number of aryl methyl sites for hydroxylation is 1. The average molecular weight is 321 g/mol. The molecule has 0 unspecified atom stereocenters. The van der Waals surface area contributed by atoms with E-state index in [0.29, 0.717) is 21.5 Å². The van der Waals surface area contributed by atoms with Crippen LogP contribution in [0.1, 0.15) is 16.2 Å². The topological polar surface area (TPSA) is 68.1 Å². The van der Waals surface area contributed by atoms with Crippen molar-refractivity contribution in [1.29, 1.82) is 0 Å². The highest BCUT2D eigenvalue weighted by atomic mass is 79.9. The van der Waals surface area contributed by atoms with Crippen molar-refractivity contribution in [3.8, 4) is 0 Å². The molecule has 0 atom stereocenters. The third-order valence-corrected chi connectivity index (χ3v) is 3.69. The Balaban J connectivity index is 2.07. The van der Waals surface area contributed by atoms with Crippen molar-refractivity contribution >= 4 is 33.3 Å². The van der Waals surface area contributed by atoms with Crippen LogP contribution in [0.4, 0.5) is 5.69 Å². The molecule has 1 aromatic carbocycles. The van der Waals surface area contributed by atoms with Crippen LogP contribution in [0.15, 0.2) is 29.0 Å². The SMILES string of the molecule is Cn1cnnc1CN1C(=O)C(=O)c2cccc(Br)c21. The van der Waals surface area contributed by atoms with Crippen LogP contribution in [-0.4, -0.2) is 26.5 Å². The highest BCUT2D eigenvalue weighted by molar-refractivity contribution is 9.10. The molecule has 0 fully saturated rings. The van der Waals surface area contributed by atoms with Gasteiger partial charge < -0.3 is 4.57 Å². The van der Waals surface area contributed by atoms with Crippen LogP contribution in [0.2, 0.25) is 0 Å². The average Bonchev–Trinajstić information content (AvgIpc) is 2.89. The first-order valence-electron chi connectivity index (χ1n) is 5.57. The number of benzene rings is 1. The molecule has 1 amide bonds. The number of para-hydroxylation sites is 1. The second-order valence-electron chi connectivity index (χ2n) is 4.21. The standard InChI is InChI=1S/C12H9BrN4O2/c1-16-6-14-15-9(16)5-17-10-7(11(18)12(17)19)3-2-4-8(10)13/h2-4,6H,5H2,1H3. The van der Waals surface area contributed by atoms with E-state index >= 15 is 0 Å². The zero-order valence-electron chi connectivity index (χ0n) is 10.00. The van der Waals surface area contributed by atoms with E-state index in [2.05, 4.69) is 26.1 Å². The monoisotopic (exact) mass is 320 g/mol. The maximum absolute atomic E-state index is 12.1. The second-order valence-corrected chi connectivity index (χ2v) is 5.07. The van der Waals surface area contributed by atoms with Gasteiger partial charge in [-0.2, -0.15) is 0 Å². The summed E-state index contributed by atoms with van der Waals surface area (Å²) in [6.07, 6.45) is 1.55. The Morgan fingerprint density at radius 3 is 2.79 bits per heavy atom. The van der Waals surface area contributed by atoms with Crippen LogP contribution in [0.3, 0.4) is 0 Å². The molecular formula is C12H9BrN4O2. The van der Waals surface area contributed by atoms with Gasteiger partial charge in [-0.1, -0.05) is 6.07 Å². The van der Waals surface area contributed by atoms with Gasteiger partial charge >= 0.3 is 0 Å². The van der Waals surface area contributed by atoms with E-state index in [0.717, 1.165) is 0 Å². The number of rotatable bonds is 2. The van der Waals surface area contributed by atoms with Crippen molar-refractivity contribution in [2.75, 3.05) is 4.90 Å². The van der Waals surface area contributed by atoms with E-state index < -0.39 is 11.7 Å². The molecular weight excluding hydrogens is 312 g/mol. The third-order valence-electron chi connectivity index (χ3n) is 3.05. The van der Waals surface area contributed by atoms with Crippen molar-refractivity contribution in [3.05, 3.63) is 40.4 Å². The summed E-state index contributed by atoms with van der Waals surface area (Å²) in [5, 5.41) is 7.70. The minimum Gasteiger partial charge on any atom is -0.319 e. The number of halogens is 1. The van der Waals surface area contributed by atoms with E-state index in [1.165, 1.54) is 4.90 Å². The van der Waals surface area contributed by atoms with E-state index in [9.17, 15) is 9.59 Å². The Kier molecular flexibility index (Phi) is 2.70. The molecule has 96 valence electrons. The van der Waals surface area contributed by atoms with Gasteiger partial charge in [-0.15, -0.1) is 10.2 Å². The Morgan fingerprint density at radius 1 is 1.32 bits per heavy atom. The van der Waals surface area contributed by atoms with Gasteiger partial charge in [0.1, 0.15) is 6.33 Å². The molecule has 0 saturated carbocycles. The minimum atomic E-state index is -0.537. The number of Topliss-reactive ketones (excluding diaryl/α,β-unsaturated/α-hetero) is 1. The molecule has 7 heteroatoms. The molecule has 1 aliphatic rings. The minimum absolute atomic E-state index is 0.219. The number of hydrogen-bond donors (Lipinski definition) is 0. The van der Waals surface area contributed by atoms with Gasteiger partial charge in [0, 0.05) is 11.5 Å². The van der Waals surface area contributed by atoms with Crippen LogP contribution < -0.4 is 4.90 Å². The molecule has 1 aromatic heterocycles. The maximum Gasteiger partial charge on any atom is 0.299 e. The van der Waals surface area contributed by atoms with Gasteiger partial charge in [0.2, 0.25) is 0 Å². The van der Waals surface area contributed by atoms with Gasteiger partial charge in [-0.3, -0.25) is 14.5 Å². The summed E-state index contributed by atoms with van der Waals surface area (Å²) in [6, 6.07) is 5.19. The molecule has 0 saturated heterocycles. The lowest BCUT2D eigenvalue weighted by atomic mass is 10.1. The van der Waals surface area contributed by atoms with Crippen molar-refractivity contribution in [2.24, 2.45) is 7.05 Å². The molecule has 2 aromatic rings. The van der Waals surface area contributed by atoms with Crippen LogP contribution in [0.25, 0.3) is 0 Å². The third kappa shape index (κ3) is 1.77. The summed E-state index contributed by atoms with van der Waals surface area (Å²) in [4.78, 5) is 25.4. The number of carbonyl (C=O) groups is 2. The van der Waals surface area contributed by atoms with Gasteiger partial charge in [0.05, 0.1) is 17.8 Å². The Labute approximate surface area is 117 Å². The van der Waals surface area contributed by atoms with Crippen molar-refractivity contribution in [2.45, 2.75) is 6.54 Å². The number of nitrogens with zero attached hydrogens (tertiary/aromatic N) is 4. The predicted molar refractivity (Wildman–Crippen MR) is 70.7 cm³/mol. The van der Waals surface area contributed by atoms with Gasteiger partial charge in [-0.05, 0) is 28.1 Å². The van der Waals surface area contributed by atoms with E-state index in [4.69, 9.17) is 0 Å². The van der Waals surface area contributed by atoms with Crippen molar-refractivity contribution in [1.82, 2.24) is 14.8 Å². The molecule has 1 aliphatic heterocycles. The lowest BCUT2D eigenvalue weighted by molar-refractivity contribution is -0.114. The van der Waals surface area contributed by atoms with Crippen LogP contribution in [0.5, 0.6) is 0 Å². The van der Waals surface area contributed by atoms with Crippen molar-refractivity contribution < 1.29 is 9.59 Å². The predicted octanol–water partition coefficient (Wildman–Crippen LogP) is 1.31. The summed E-state index contributed by atoms with van der Waals surface area (Å²) in [7, 11) is 1.79. The molecule has 0 bridgehead atoms. The van der Waals surface area contributed by atoms with Crippen LogP contribution in [-0.2, 0) is 18.4 Å². The quantitative estimate of drug-likeness (QED) is 0.782. The summed E-state index contributed by atoms with van der Waals surface area (Å²) >= 11 is 3.38. The van der Waals surface area contributed by atoms with Crippen molar-refractivity contribution in [3.63, 3.8) is 0 Å². The first kappa shape index (κ1) is 12.0. The summed E-state index contributed by atoms with van der Waals surface area (Å²) in [5.74, 6) is -0.409. The lowest BCUT2D eigenvalue weighted by Gasteiger charge is -2.16. The molecule has 19 heavy (non-hydrogen) atoms. The molecule has 6 nitrogen and oxygen atoms in total. The van der Waals surface area contributed by atoms with Crippen LogP contribution in [0, 0.1) is 0 Å². The number of aromatic nitrogens is 3. The molecule has 2 heterocycles. The smallest absolute Gasteiger partial charge is 0.299 e. The second kappa shape index (κ2) is 4.27. The number of carbonyl (C=O) groups excluding carboxylic acids is 2. The molecule has 0 N–H and O–H groups in total. The van der Waals surface area contributed by atoms with Gasteiger partial charge in [0.25, 0.3) is 11.7 Å². The Bertz CT molecular complexity index is 695. The van der Waals surface area contributed by atoms with E-state index in [-0.39, 0.29) is 6.54 Å². The highest BCUT2D eigenvalue weighted by Crippen LogP contribution is 2.36. The number of fused-ring (bicyclic) bond motifs is 1. The summed E-state index contributed by atoms with van der Waals surface area (Å²) < 4.78 is 2.43. The normalized spacial score (nSPS) is 14.1. The molecule has 0 spiro atoms. The molecule has 0 aliphatic carbocycles. The number of amides is 1. The Hall–Kier alpha value is -2.02. The number of anilines is 1. The lowest BCUT2D eigenvalue weighted by Crippen LogP contribution is -2.30. The Morgan fingerprint density at radius 2 is 2.11 bits per heavy atom. The molecule has 0 radical (unpaired) electrons. The first-order valence-corrected chi connectivity index (χ1v) is 6.36. The van der Waals surface area contributed by atoms with Gasteiger partial charge in [0.15, 0.2) is 5.82 Å². The highest BCUT2D eigenvalue weighted by Gasteiger charge is 2.37.